The second kappa shape index (κ2) is 7.70. The fraction of sp³-hybridized carbons (Fsp3) is 0.0909. The van der Waals surface area contributed by atoms with E-state index < -0.39 is 0 Å². The van der Waals surface area contributed by atoms with Crippen LogP contribution in [0.3, 0.4) is 0 Å². The lowest BCUT2D eigenvalue weighted by Crippen LogP contribution is -2.26. The number of anilines is 1. The molecule has 2 aromatic heterocycles. The van der Waals surface area contributed by atoms with Crippen LogP contribution in [0, 0.1) is 0 Å². The molecule has 1 atom stereocenters. The van der Waals surface area contributed by atoms with Gasteiger partial charge >= 0.3 is 0 Å². The number of furan rings is 1. The van der Waals surface area contributed by atoms with Gasteiger partial charge in [0.25, 0.3) is 11.8 Å². The van der Waals surface area contributed by atoms with Crippen molar-refractivity contribution in [2.24, 2.45) is 0 Å². The molecule has 4 aromatic rings. The summed E-state index contributed by atoms with van der Waals surface area (Å²) in [5.74, 6) is 0.264. The van der Waals surface area contributed by atoms with Crippen molar-refractivity contribution in [3.05, 3.63) is 88.3 Å². The number of nitrogens with one attached hydrogen (secondary N) is 2. The Hall–Kier alpha value is -3.38. The molecule has 0 radical (unpaired) electrons. The molecule has 5 nitrogen and oxygen atoms in total. The van der Waals surface area contributed by atoms with Gasteiger partial charge in [0.15, 0.2) is 0 Å². The highest BCUT2D eigenvalue weighted by atomic mass is 32.1. The summed E-state index contributed by atoms with van der Waals surface area (Å²) in [4.78, 5) is 25.5. The zero-order valence-electron chi connectivity index (χ0n) is 15.1. The summed E-state index contributed by atoms with van der Waals surface area (Å²) < 4.78 is 5.81. The maximum Gasteiger partial charge on any atom is 0.265 e. The number of thiophene rings is 1. The van der Waals surface area contributed by atoms with E-state index in [1.165, 1.54) is 11.3 Å². The Balaban J connectivity index is 1.46. The standard InChI is InChI=1S/C22H18N2O3S/c1-14(19-13-15-6-2-3-9-18(15)27-19)23-21(25)16-7-4-8-17(12-16)24-22(26)20-10-5-11-28-20/h2-14H,1H3,(H,23,25)(H,24,26)/t14-/m0/s1. The van der Waals surface area contributed by atoms with Gasteiger partial charge in [0.1, 0.15) is 11.3 Å². The van der Waals surface area contributed by atoms with E-state index >= 15 is 0 Å². The van der Waals surface area contributed by atoms with Gasteiger partial charge in [-0.25, -0.2) is 0 Å². The normalized spacial score (nSPS) is 11.9. The van der Waals surface area contributed by atoms with Gasteiger partial charge < -0.3 is 15.1 Å². The van der Waals surface area contributed by atoms with Gasteiger partial charge in [-0.3, -0.25) is 9.59 Å². The molecule has 2 aromatic carbocycles. The molecule has 2 N–H and O–H groups in total. The van der Waals surface area contributed by atoms with Crippen LogP contribution in [0.2, 0.25) is 0 Å². The molecule has 6 heteroatoms. The molecule has 28 heavy (non-hydrogen) atoms. The minimum Gasteiger partial charge on any atom is -0.459 e. The van der Waals surface area contributed by atoms with Crippen LogP contribution in [0.5, 0.6) is 0 Å². The maximum atomic E-state index is 12.6. The predicted molar refractivity (Wildman–Crippen MR) is 111 cm³/mol. The Morgan fingerprint density at radius 1 is 0.964 bits per heavy atom. The minimum absolute atomic E-state index is 0.191. The van der Waals surface area contributed by atoms with E-state index in [1.54, 1.807) is 30.3 Å². The van der Waals surface area contributed by atoms with Gasteiger partial charge in [-0.1, -0.05) is 30.3 Å². The molecule has 0 bridgehead atoms. The molecule has 0 saturated carbocycles. The van der Waals surface area contributed by atoms with Crippen molar-refractivity contribution >= 4 is 39.8 Å². The summed E-state index contributed by atoms with van der Waals surface area (Å²) in [6.07, 6.45) is 0. The quantitative estimate of drug-likeness (QED) is 0.490. The van der Waals surface area contributed by atoms with Crippen molar-refractivity contribution in [3.63, 3.8) is 0 Å². The fourth-order valence-corrected chi connectivity index (χ4v) is 3.52. The minimum atomic E-state index is -0.288. The number of amides is 2. The largest absolute Gasteiger partial charge is 0.459 e. The number of rotatable bonds is 5. The summed E-state index contributed by atoms with van der Waals surface area (Å²) in [6.45, 7) is 1.87. The second-order valence-corrected chi connectivity index (χ2v) is 7.34. The molecule has 140 valence electrons. The molecular weight excluding hydrogens is 372 g/mol. The van der Waals surface area contributed by atoms with E-state index in [2.05, 4.69) is 10.6 Å². The lowest BCUT2D eigenvalue weighted by molar-refractivity contribution is 0.0934. The SMILES string of the molecule is C[C@H](NC(=O)c1cccc(NC(=O)c2cccs2)c1)c1cc2ccccc2o1. The van der Waals surface area contributed by atoms with Crippen LogP contribution in [-0.2, 0) is 0 Å². The Morgan fingerprint density at radius 2 is 1.82 bits per heavy atom. The highest BCUT2D eigenvalue weighted by Crippen LogP contribution is 2.24. The number of para-hydroxylation sites is 1. The molecule has 0 saturated heterocycles. The van der Waals surface area contributed by atoms with Crippen molar-refractivity contribution in [2.75, 3.05) is 5.32 Å². The summed E-state index contributed by atoms with van der Waals surface area (Å²) in [7, 11) is 0. The van der Waals surface area contributed by atoms with Crippen molar-refractivity contribution in [3.8, 4) is 0 Å². The second-order valence-electron chi connectivity index (χ2n) is 6.39. The third-order valence-electron chi connectivity index (χ3n) is 4.35. The summed E-state index contributed by atoms with van der Waals surface area (Å²) >= 11 is 1.37. The van der Waals surface area contributed by atoms with Crippen LogP contribution < -0.4 is 10.6 Å². The first-order valence-corrected chi connectivity index (χ1v) is 9.72. The highest BCUT2D eigenvalue weighted by molar-refractivity contribution is 7.12. The third-order valence-corrected chi connectivity index (χ3v) is 5.22. The van der Waals surface area contributed by atoms with Gasteiger partial charge in [-0.2, -0.15) is 0 Å². The molecule has 0 aliphatic rings. The third kappa shape index (κ3) is 3.82. The van der Waals surface area contributed by atoms with E-state index in [0.29, 0.717) is 21.9 Å². The summed E-state index contributed by atoms with van der Waals surface area (Å²) in [5.41, 5.74) is 1.83. The molecule has 4 rings (SSSR count). The van der Waals surface area contributed by atoms with Crippen LogP contribution in [0.25, 0.3) is 11.0 Å². The van der Waals surface area contributed by atoms with Crippen LogP contribution in [0.1, 0.15) is 38.8 Å². The van der Waals surface area contributed by atoms with Gasteiger partial charge in [0, 0.05) is 16.6 Å². The first kappa shape index (κ1) is 18.0. The van der Waals surface area contributed by atoms with Crippen LogP contribution in [-0.4, -0.2) is 11.8 Å². The highest BCUT2D eigenvalue weighted by Gasteiger charge is 2.16. The number of hydrogen-bond acceptors (Lipinski definition) is 4. The van der Waals surface area contributed by atoms with Crippen molar-refractivity contribution < 1.29 is 14.0 Å². The number of benzene rings is 2. The maximum absolute atomic E-state index is 12.6. The van der Waals surface area contributed by atoms with Crippen molar-refractivity contribution in [2.45, 2.75) is 13.0 Å². The van der Waals surface area contributed by atoms with Crippen molar-refractivity contribution in [1.82, 2.24) is 5.32 Å². The topological polar surface area (TPSA) is 71.3 Å². The summed E-state index contributed by atoms with van der Waals surface area (Å²) in [6, 6.07) is 19.8. The number of fused-ring (bicyclic) bond motifs is 1. The number of carbonyl (C=O) groups is 2. The molecule has 0 spiro atoms. The van der Waals surface area contributed by atoms with Gasteiger partial charge in [-0.15, -0.1) is 11.3 Å². The number of hydrogen-bond donors (Lipinski definition) is 2. The van der Waals surface area contributed by atoms with Gasteiger partial charge in [0.2, 0.25) is 0 Å². The van der Waals surface area contributed by atoms with E-state index in [9.17, 15) is 9.59 Å². The van der Waals surface area contributed by atoms with E-state index in [0.717, 1.165) is 11.0 Å². The smallest absolute Gasteiger partial charge is 0.265 e. The zero-order valence-corrected chi connectivity index (χ0v) is 16.0. The van der Waals surface area contributed by atoms with E-state index in [4.69, 9.17) is 4.42 Å². The van der Waals surface area contributed by atoms with Crippen LogP contribution in [0.15, 0.2) is 76.5 Å². The Morgan fingerprint density at radius 3 is 2.61 bits per heavy atom. The van der Waals surface area contributed by atoms with Gasteiger partial charge in [0.05, 0.1) is 10.9 Å². The molecule has 0 aliphatic carbocycles. The summed E-state index contributed by atoms with van der Waals surface area (Å²) in [5, 5.41) is 8.60. The fourth-order valence-electron chi connectivity index (χ4n) is 2.91. The molecule has 0 aliphatic heterocycles. The van der Waals surface area contributed by atoms with Crippen molar-refractivity contribution in [1.29, 1.82) is 0 Å². The lowest BCUT2D eigenvalue weighted by atomic mass is 10.1. The predicted octanol–water partition coefficient (Wildman–Crippen LogP) is 5.24. The van der Waals surface area contributed by atoms with E-state index in [-0.39, 0.29) is 17.9 Å². The van der Waals surface area contributed by atoms with Crippen LogP contribution >= 0.6 is 11.3 Å². The van der Waals surface area contributed by atoms with E-state index in [1.807, 2.05) is 48.7 Å². The lowest BCUT2D eigenvalue weighted by Gasteiger charge is -2.12. The Kier molecular flexibility index (Phi) is 4.95. The average molecular weight is 390 g/mol. The molecule has 2 amide bonds. The zero-order chi connectivity index (χ0) is 19.5. The first-order valence-electron chi connectivity index (χ1n) is 8.84. The Labute approximate surface area is 166 Å². The molecule has 0 fully saturated rings. The number of carbonyl (C=O) groups excluding carboxylic acids is 2. The average Bonchev–Trinajstić information content (AvgIpc) is 3.38. The molecule has 0 unspecified atom stereocenters. The Bertz CT molecular complexity index is 1100. The molecule has 2 heterocycles. The monoisotopic (exact) mass is 390 g/mol. The first-order chi connectivity index (χ1) is 13.6. The van der Waals surface area contributed by atoms with Gasteiger partial charge in [-0.05, 0) is 48.7 Å². The van der Waals surface area contributed by atoms with Crippen LogP contribution in [0.4, 0.5) is 5.69 Å². The molecular formula is C22H18N2O3S.